The smallest absolute Gasteiger partial charge is 0.252 e. The zero-order valence-corrected chi connectivity index (χ0v) is 17.0. The number of aliphatic imine (C=N–C) groups is 1. The van der Waals surface area contributed by atoms with E-state index in [1.165, 1.54) is 23.5 Å². The van der Waals surface area contributed by atoms with E-state index in [0.717, 1.165) is 17.9 Å². The molecule has 0 unspecified atom stereocenters. The van der Waals surface area contributed by atoms with Gasteiger partial charge in [0.05, 0.1) is 12.1 Å². The van der Waals surface area contributed by atoms with Gasteiger partial charge >= 0.3 is 0 Å². The lowest BCUT2D eigenvalue weighted by Crippen LogP contribution is -2.64. The first-order valence-corrected chi connectivity index (χ1v) is 11.6. The molecule has 6 nitrogen and oxygen atoms in total. The summed E-state index contributed by atoms with van der Waals surface area (Å²) in [6, 6.07) is 9.90. The number of halogens is 1. The number of hydrogen-bond donors (Lipinski definition) is 2. The molecule has 0 saturated carbocycles. The van der Waals surface area contributed by atoms with Crippen LogP contribution in [-0.2, 0) is 16.6 Å². The third kappa shape index (κ3) is 3.84. The Hall–Kier alpha value is -1.81. The highest BCUT2D eigenvalue weighted by Crippen LogP contribution is 2.30. The fourth-order valence-electron chi connectivity index (χ4n) is 3.82. The molecule has 1 aromatic heterocycles. The van der Waals surface area contributed by atoms with Crippen LogP contribution in [0.2, 0.25) is 0 Å². The molecular formula is C19H23FN4O2S2. The minimum absolute atomic E-state index is 0.259. The third-order valence-corrected chi connectivity index (χ3v) is 8.58. The third-order valence-electron chi connectivity index (χ3n) is 5.31. The molecule has 2 aliphatic rings. The van der Waals surface area contributed by atoms with Crippen LogP contribution < -0.4 is 10.6 Å². The van der Waals surface area contributed by atoms with Crippen molar-refractivity contribution in [3.05, 3.63) is 53.2 Å². The molecule has 0 aliphatic carbocycles. The van der Waals surface area contributed by atoms with Gasteiger partial charge in [0.15, 0.2) is 0 Å². The number of sulfonamides is 1. The molecule has 0 bridgehead atoms. The maximum absolute atomic E-state index is 13.4. The zero-order chi connectivity index (χ0) is 19.6. The average Bonchev–Trinajstić information content (AvgIpc) is 3.24. The largest absolute Gasteiger partial charge is 0.368 e. The Kier molecular flexibility index (Phi) is 5.50. The van der Waals surface area contributed by atoms with E-state index in [1.54, 1.807) is 27.9 Å². The normalized spacial score (nSPS) is 20.1. The van der Waals surface area contributed by atoms with E-state index in [1.807, 2.05) is 6.07 Å². The first kappa shape index (κ1) is 19.5. The second-order valence-corrected chi connectivity index (χ2v) is 10.2. The summed E-state index contributed by atoms with van der Waals surface area (Å²) in [5.74, 6) is 0.584. The van der Waals surface area contributed by atoms with Crippen molar-refractivity contribution in [1.82, 2.24) is 14.9 Å². The Morgan fingerprint density at radius 1 is 1.25 bits per heavy atom. The summed E-state index contributed by atoms with van der Waals surface area (Å²) >= 11 is 1.25. The van der Waals surface area contributed by atoms with Crippen molar-refractivity contribution in [2.24, 2.45) is 4.99 Å². The van der Waals surface area contributed by atoms with Gasteiger partial charge in [-0.25, -0.2) is 12.8 Å². The molecule has 0 atom stereocenters. The Bertz CT molecular complexity index is 952. The molecule has 1 fully saturated rings. The van der Waals surface area contributed by atoms with Gasteiger partial charge in [-0.2, -0.15) is 4.31 Å². The molecule has 1 saturated heterocycles. The van der Waals surface area contributed by atoms with Gasteiger partial charge in [-0.05, 0) is 42.0 Å². The van der Waals surface area contributed by atoms with Crippen LogP contribution in [0.5, 0.6) is 0 Å². The molecule has 2 aliphatic heterocycles. The predicted octanol–water partition coefficient (Wildman–Crippen LogP) is 2.20. The molecule has 1 aromatic carbocycles. The van der Waals surface area contributed by atoms with Crippen molar-refractivity contribution in [1.29, 1.82) is 0 Å². The van der Waals surface area contributed by atoms with E-state index in [9.17, 15) is 12.8 Å². The van der Waals surface area contributed by atoms with E-state index < -0.39 is 10.0 Å². The van der Waals surface area contributed by atoms with Gasteiger partial charge in [0.25, 0.3) is 10.0 Å². The van der Waals surface area contributed by atoms with Gasteiger partial charge in [-0.3, -0.25) is 4.99 Å². The van der Waals surface area contributed by atoms with Crippen LogP contribution in [0.4, 0.5) is 4.39 Å². The van der Waals surface area contributed by atoms with Crippen molar-refractivity contribution in [2.45, 2.75) is 29.1 Å². The molecule has 0 amide bonds. The number of thiophene rings is 1. The van der Waals surface area contributed by atoms with E-state index in [4.69, 9.17) is 0 Å². The topological polar surface area (TPSA) is 73.8 Å². The second-order valence-electron chi connectivity index (χ2n) is 7.06. The molecule has 3 heterocycles. The summed E-state index contributed by atoms with van der Waals surface area (Å²) in [6.07, 6.45) is 1.29. The van der Waals surface area contributed by atoms with Crippen LogP contribution in [0.1, 0.15) is 18.4 Å². The Morgan fingerprint density at radius 3 is 2.79 bits per heavy atom. The Morgan fingerprint density at radius 2 is 2.07 bits per heavy atom. The fraction of sp³-hybridized carbons (Fsp3) is 0.421. The lowest BCUT2D eigenvalue weighted by molar-refractivity contribution is 0.241. The van der Waals surface area contributed by atoms with Gasteiger partial charge < -0.3 is 10.6 Å². The molecule has 0 radical (unpaired) electrons. The monoisotopic (exact) mass is 422 g/mol. The molecule has 2 aromatic rings. The SMILES string of the molecule is O=S(=O)(c1cccs1)N1CCC2(CC1)NCCN=C2NCc1cccc(F)c1. The number of benzene rings is 1. The molecule has 4 rings (SSSR count). The Labute approximate surface area is 168 Å². The first-order chi connectivity index (χ1) is 13.5. The number of piperidine rings is 1. The molecule has 150 valence electrons. The molecule has 28 heavy (non-hydrogen) atoms. The summed E-state index contributed by atoms with van der Waals surface area (Å²) in [4.78, 5) is 4.66. The molecular weight excluding hydrogens is 399 g/mol. The van der Waals surface area contributed by atoms with Gasteiger partial charge in [0, 0.05) is 26.2 Å². The standard InChI is InChI=1S/C19H23FN4O2S2/c20-16-4-1-3-15(13-16)14-22-18-19(23-9-8-21-18)6-10-24(11-7-19)28(25,26)17-5-2-12-27-17/h1-5,12-13,23H,6-11,14H2,(H,21,22). The van der Waals surface area contributed by atoms with Crippen LogP contribution in [0.15, 0.2) is 51.0 Å². The lowest BCUT2D eigenvalue weighted by atomic mass is 9.85. The van der Waals surface area contributed by atoms with Crippen LogP contribution in [0, 0.1) is 5.82 Å². The van der Waals surface area contributed by atoms with E-state index in [-0.39, 0.29) is 11.4 Å². The van der Waals surface area contributed by atoms with Gasteiger partial charge in [-0.1, -0.05) is 18.2 Å². The second kappa shape index (κ2) is 7.90. The summed E-state index contributed by atoms with van der Waals surface area (Å²) in [6.45, 7) is 2.80. The minimum Gasteiger partial charge on any atom is -0.368 e. The number of nitrogens with one attached hydrogen (secondary N) is 2. The molecule has 9 heteroatoms. The predicted molar refractivity (Wildman–Crippen MR) is 109 cm³/mol. The van der Waals surface area contributed by atoms with Crippen molar-refractivity contribution in [3.63, 3.8) is 0 Å². The van der Waals surface area contributed by atoms with E-state index in [0.29, 0.717) is 43.2 Å². The van der Waals surface area contributed by atoms with Crippen LogP contribution >= 0.6 is 11.3 Å². The average molecular weight is 423 g/mol. The highest BCUT2D eigenvalue weighted by atomic mass is 32.2. The van der Waals surface area contributed by atoms with E-state index in [2.05, 4.69) is 15.6 Å². The summed E-state index contributed by atoms with van der Waals surface area (Å²) in [5.41, 5.74) is 0.494. The maximum Gasteiger partial charge on any atom is 0.252 e. The molecule has 1 spiro atoms. The van der Waals surface area contributed by atoms with Crippen molar-refractivity contribution in [2.75, 3.05) is 26.2 Å². The minimum atomic E-state index is -3.43. The summed E-state index contributed by atoms with van der Waals surface area (Å²) < 4.78 is 40.9. The highest BCUT2D eigenvalue weighted by Gasteiger charge is 2.43. The summed E-state index contributed by atoms with van der Waals surface area (Å²) in [7, 11) is -3.43. The van der Waals surface area contributed by atoms with Crippen LogP contribution in [0.25, 0.3) is 0 Å². The maximum atomic E-state index is 13.4. The van der Waals surface area contributed by atoms with Gasteiger partial charge in [0.2, 0.25) is 0 Å². The fourth-order valence-corrected chi connectivity index (χ4v) is 6.40. The van der Waals surface area contributed by atoms with Gasteiger partial charge in [0.1, 0.15) is 15.9 Å². The Balaban J connectivity index is 1.45. The van der Waals surface area contributed by atoms with Crippen LogP contribution in [-0.4, -0.2) is 50.3 Å². The van der Waals surface area contributed by atoms with Crippen molar-refractivity contribution >= 4 is 27.2 Å². The van der Waals surface area contributed by atoms with Gasteiger partial charge in [-0.15, -0.1) is 11.3 Å². The molecule has 2 N–H and O–H groups in total. The van der Waals surface area contributed by atoms with Crippen LogP contribution in [0.3, 0.4) is 0 Å². The zero-order valence-electron chi connectivity index (χ0n) is 15.4. The van der Waals surface area contributed by atoms with Crippen molar-refractivity contribution < 1.29 is 12.8 Å². The summed E-state index contributed by atoms with van der Waals surface area (Å²) in [5, 5.41) is 8.69. The van der Waals surface area contributed by atoms with Crippen molar-refractivity contribution in [3.8, 4) is 0 Å². The number of nitrogens with zero attached hydrogens (tertiary/aromatic N) is 2. The van der Waals surface area contributed by atoms with E-state index >= 15 is 0 Å². The highest BCUT2D eigenvalue weighted by molar-refractivity contribution is 7.91. The quantitative estimate of drug-likeness (QED) is 0.792. The number of amidine groups is 1. The number of rotatable bonds is 4. The first-order valence-electron chi connectivity index (χ1n) is 9.32. The lowest BCUT2D eigenvalue weighted by Gasteiger charge is -2.44. The number of hydrogen-bond acceptors (Lipinski definition) is 6.